The van der Waals surface area contributed by atoms with E-state index in [1.165, 1.54) is 11.0 Å². The molecule has 0 radical (unpaired) electrons. The van der Waals surface area contributed by atoms with Gasteiger partial charge in [-0.05, 0) is 0 Å². The Bertz CT molecular complexity index is 429. The molecule has 1 atom stereocenters. The highest BCUT2D eigenvalue weighted by atomic mass is 35.5. The highest BCUT2D eigenvalue weighted by Gasteiger charge is 2.32. The van der Waals surface area contributed by atoms with Crippen molar-refractivity contribution in [2.45, 2.75) is 12.5 Å². The minimum atomic E-state index is -0.696. The fourth-order valence-corrected chi connectivity index (χ4v) is 2.21. The van der Waals surface area contributed by atoms with Crippen molar-refractivity contribution >= 4 is 40.5 Å². The third-order valence-corrected chi connectivity index (χ3v) is 2.78. The van der Waals surface area contributed by atoms with Gasteiger partial charge in [0.25, 0.3) is 0 Å². The van der Waals surface area contributed by atoms with Gasteiger partial charge in [-0.15, -0.1) is 0 Å². The number of anilines is 2. The number of hydrogen-bond acceptors (Lipinski definition) is 4. The van der Waals surface area contributed by atoms with E-state index in [0.717, 1.165) is 0 Å². The highest BCUT2D eigenvalue weighted by molar-refractivity contribution is 6.35. The summed E-state index contributed by atoms with van der Waals surface area (Å²) in [4.78, 5) is 16.7. The largest absolute Gasteiger partial charge is 0.397 e. The zero-order valence-corrected chi connectivity index (χ0v) is 9.66. The maximum absolute atomic E-state index is 11.6. The Morgan fingerprint density at radius 1 is 1.56 bits per heavy atom. The number of rotatable bonds is 1. The molecule has 1 unspecified atom stereocenters. The maximum atomic E-state index is 11.6. The van der Waals surface area contributed by atoms with E-state index in [1.54, 1.807) is 0 Å². The number of pyridine rings is 1. The molecule has 7 heteroatoms. The third kappa shape index (κ3) is 1.93. The summed E-state index contributed by atoms with van der Waals surface area (Å²) in [7, 11) is 0. The number of nitrogens with two attached hydrogens (primary N) is 1. The van der Waals surface area contributed by atoms with Crippen LogP contribution in [0.1, 0.15) is 6.42 Å². The fraction of sp³-hybridized carbons (Fsp3) is 0.333. The Morgan fingerprint density at radius 3 is 2.75 bits per heavy atom. The van der Waals surface area contributed by atoms with Crippen LogP contribution in [0, 0.1) is 0 Å². The van der Waals surface area contributed by atoms with Crippen molar-refractivity contribution in [1.82, 2.24) is 4.98 Å². The molecule has 5 nitrogen and oxygen atoms in total. The normalized spacial score (nSPS) is 20.6. The number of hydrogen-bond donors (Lipinski definition) is 2. The van der Waals surface area contributed by atoms with Crippen LogP contribution in [0.2, 0.25) is 10.3 Å². The van der Waals surface area contributed by atoms with Gasteiger partial charge in [0.15, 0.2) is 5.15 Å². The summed E-state index contributed by atoms with van der Waals surface area (Å²) in [6.45, 7) is 0.173. The molecular formula is C9H9Cl2N3O2. The molecule has 2 heterocycles. The monoisotopic (exact) mass is 261 g/mol. The van der Waals surface area contributed by atoms with Crippen molar-refractivity contribution in [3.63, 3.8) is 0 Å². The van der Waals surface area contributed by atoms with E-state index in [2.05, 4.69) is 4.98 Å². The highest BCUT2D eigenvalue weighted by Crippen LogP contribution is 2.35. The second-order valence-electron chi connectivity index (χ2n) is 3.54. The van der Waals surface area contributed by atoms with E-state index in [-0.39, 0.29) is 34.9 Å². The number of halogens is 2. The van der Waals surface area contributed by atoms with E-state index in [9.17, 15) is 9.90 Å². The maximum Gasteiger partial charge on any atom is 0.229 e. The van der Waals surface area contributed by atoms with Gasteiger partial charge in [0.05, 0.1) is 24.8 Å². The lowest BCUT2D eigenvalue weighted by molar-refractivity contribution is -0.117. The topological polar surface area (TPSA) is 79.4 Å². The zero-order chi connectivity index (χ0) is 11.9. The van der Waals surface area contributed by atoms with Crippen LogP contribution in [0.5, 0.6) is 0 Å². The van der Waals surface area contributed by atoms with Gasteiger partial charge in [-0.1, -0.05) is 23.2 Å². The predicted octanol–water partition coefficient (Wildman–Crippen LogP) is 1.07. The first-order valence-electron chi connectivity index (χ1n) is 4.59. The summed E-state index contributed by atoms with van der Waals surface area (Å²) in [5.74, 6) is -0.231. The second-order valence-corrected chi connectivity index (χ2v) is 4.28. The summed E-state index contributed by atoms with van der Waals surface area (Å²) in [6, 6.07) is 1.42. The van der Waals surface area contributed by atoms with Gasteiger partial charge >= 0.3 is 0 Å². The Balaban J connectivity index is 2.44. The number of nitrogen functional groups attached to an aromatic ring is 1. The van der Waals surface area contributed by atoms with Crippen molar-refractivity contribution in [3.8, 4) is 0 Å². The van der Waals surface area contributed by atoms with Crippen molar-refractivity contribution in [1.29, 1.82) is 0 Å². The quantitative estimate of drug-likeness (QED) is 0.742. The van der Waals surface area contributed by atoms with Crippen LogP contribution in [0.25, 0.3) is 0 Å². The lowest BCUT2D eigenvalue weighted by atomic mass is 10.3. The van der Waals surface area contributed by atoms with E-state index < -0.39 is 6.10 Å². The van der Waals surface area contributed by atoms with Crippen LogP contribution in [0.3, 0.4) is 0 Å². The first kappa shape index (κ1) is 11.4. The predicted molar refractivity (Wildman–Crippen MR) is 61.6 cm³/mol. The molecule has 1 aliphatic heterocycles. The van der Waals surface area contributed by atoms with Crippen LogP contribution in [-0.4, -0.2) is 28.6 Å². The Morgan fingerprint density at radius 2 is 2.25 bits per heavy atom. The first-order chi connectivity index (χ1) is 7.49. The molecule has 2 rings (SSSR count). The van der Waals surface area contributed by atoms with Crippen LogP contribution >= 0.6 is 23.2 Å². The molecule has 1 fully saturated rings. The zero-order valence-electron chi connectivity index (χ0n) is 8.15. The SMILES string of the molecule is Nc1cc(Cl)nc(Cl)c1N1CC(O)CC1=O. The van der Waals surface area contributed by atoms with E-state index >= 15 is 0 Å². The van der Waals surface area contributed by atoms with Gasteiger partial charge in [-0.25, -0.2) is 4.98 Å². The van der Waals surface area contributed by atoms with Gasteiger partial charge in [0, 0.05) is 6.07 Å². The van der Waals surface area contributed by atoms with Gasteiger partial charge < -0.3 is 15.7 Å². The molecule has 3 N–H and O–H groups in total. The van der Waals surface area contributed by atoms with Gasteiger partial charge in [0.2, 0.25) is 5.91 Å². The van der Waals surface area contributed by atoms with E-state index in [0.29, 0.717) is 5.69 Å². The van der Waals surface area contributed by atoms with Crippen molar-refractivity contribution < 1.29 is 9.90 Å². The summed E-state index contributed by atoms with van der Waals surface area (Å²) in [5.41, 5.74) is 6.31. The minimum absolute atomic E-state index is 0.0625. The Hall–Kier alpha value is -1.04. The van der Waals surface area contributed by atoms with Gasteiger partial charge in [-0.3, -0.25) is 4.79 Å². The number of aromatic nitrogens is 1. The average molecular weight is 262 g/mol. The number of amides is 1. The smallest absolute Gasteiger partial charge is 0.229 e. The van der Waals surface area contributed by atoms with Crippen molar-refractivity contribution in [2.75, 3.05) is 17.2 Å². The molecule has 1 aromatic rings. The minimum Gasteiger partial charge on any atom is -0.397 e. The van der Waals surface area contributed by atoms with Crippen molar-refractivity contribution in [3.05, 3.63) is 16.4 Å². The van der Waals surface area contributed by atoms with Crippen LogP contribution in [-0.2, 0) is 4.79 Å². The van der Waals surface area contributed by atoms with Crippen LogP contribution < -0.4 is 10.6 Å². The molecule has 0 bridgehead atoms. The Labute approximate surface area is 102 Å². The van der Waals surface area contributed by atoms with E-state index in [1.807, 2.05) is 0 Å². The molecule has 0 spiro atoms. The molecule has 1 saturated heterocycles. The van der Waals surface area contributed by atoms with Crippen molar-refractivity contribution in [2.24, 2.45) is 0 Å². The molecule has 1 aliphatic rings. The Kier molecular flexibility index (Phi) is 2.92. The lowest BCUT2D eigenvalue weighted by Crippen LogP contribution is -2.26. The number of carbonyl (C=O) groups excluding carboxylic acids is 1. The summed E-state index contributed by atoms with van der Waals surface area (Å²) >= 11 is 11.5. The standard InChI is InChI=1S/C9H9Cl2N3O2/c10-6-2-5(12)8(9(11)13-6)14-3-4(15)1-7(14)16/h2,4,15H,1,3H2,(H2,12,13). The number of aliphatic hydroxyl groups excluding tert-OH is 1. The molecule has 0 aliphatic carbocycles. The van der Waals surface area contributed by atoms with Gasteiger partial charge in [-0.2, -0.15) is 0 Å². The third-order valence-electron chi connectivity index (χ3n) is 2.32. The summed E-state index contributed by atoms with van der Waals surface area (Å²) in [6.07, 6.45) is -0.628. The van der Waals surface area contributed by atoms with Gasteiger partial charge in [0.1, 0.15) is 10.8 Å². The molecule has 1 amide bonds. The van der Waals surface area contributed by atoms with Crippen LogP contribution in [0.15, 0.2) is 6.07 Å². The molecule has 86 valence electrons. The molecule has 0 aromatic carbocycles. The second kappa shape index (κ2) is 4.08. The molecular weight excluding hydrogens is 253 g/mol. The fourth-order valence-electron chi connectivity index (χ4n) is 1.67. The number of carbonyl (C=O) groups is 1. The lowest BCUT2D eigenvalue weighted by Gasteiger charge is -2.18. The number of β-amino-alcohol motifs (C(OH)–C–C–N with tert-alkyl or cyclic N) is 1. The van der Waals surface area contributed by atoms with Crippen LogP contribution in [0.4, 0.5) is 11.4 Å². The molecule has 1 aromatic heterocycles. The van der Waals surface area contributed by atoms with E-state index in [4.69, 9.17) is 28.9 Å². The first-order valence-corrected chi connectivity index (χ1v) is 5.34. The summed E-state index contributed by atoms with van der Waals surface area (Å²) in [5, 5.41) is 9.60. The number of nitrogens with zero attached hydrogens (tertiary/aromatic N) is 2. The molecule has 16 heavy (non-hydrogen) atoms. The molecule has 0 saturated carbocycles. The number of aliphatic hydroxyl groups is 1. The average Bonchev–Trinajstić information content (AvgIpc) is 2.43. The summed E-state index contributed by atoms with van der Waals surface area (Å²) < 4.78 is 0.